The van der Waals surface area contributed by atoms with Gasteiger partial charge in [-0.25, -0.2) is 4.79 Å². The molecule has 0 aromatic heterocycles. The van der Waals surface area contributed by atoms with E-state index in [-0.39, 0.29) is 18.1 Å². The number of aliphatic hydroxyl groups excluding tert-OH is 1. The fraction of sp³-hybridized carbons (Fsp3) is 0.929. The van der Waals surface area contributed by atoms with Crippen LogP contribution < -0.4 is 0 Å². The number of hydrogen-bond acceptors (Lipinski definition) is 3. The van der Waals surface area contributed by atoms with Crippen LogP contribution in [0.5, 0.6) is 0 Å². The molecule has 1 aliphatic carbocycles. The first-order valence-corrected chi connectivity index (χ1v) is 7.01. The number of hydrogen-bond donors (Lipinski definition) is 1. The molecule has 4 heteroatoms. The van der Waals surface area contributed by atoms with Crippen LogP contribution in [0.25, 0.3) is 0 Å². The van der Waals surface area contributed by atoms with E-state index < -0.39 is 5.60 Å². The third-order valence-electron chi connectivity index (χ3n) is 3.92. The molecular weight excluding hydrogens is 230 g/mol. The number of carbonyl (C=O) groups is 1. The van der Waals surface area contributed by atoms with Crippen molar-refractivity contribution >= 4 is 6.09 Å². The fourth-order valence-corrected chi connectivity index (χ4v) is 2.72. The lowest BCUT2D eigenvalue weighted by molar-refractivity contribution is 0.0269. The summed E-state index contributed by atoms with van der Waals surface area (Å²) in [5, 5.41) is 10.0. The molecule has 1 amide bonds. The van der Waals surface area contributed by atoms with Crippen molar-refractivity contribution in [1.29, 1.82) is 0 Å². The smallest absolute Gasteiger partial charge is 0.410 e. The Morgan fingerprint density at radius 2 is 2.00 bits per heavy atom. The van der Waals surface area contributed by atoms with Gasteiger partial charge in [-0.15, -0.1) is 0 Å². The van der Waals surface area contributed by atoms with E-state index in [0.717, 1.165) is 12.3 Å². The molecule has 18 heavy (non-hydrogen) atoms. The maximum atomic E-state index is 11.9. The normalized spacial score (nSPS) is 29.2. The number of likely N-dealkylation sites (tertiary alicyclic amines) is 1. The number of ether oxygens (including phenoxy) is 1. The molecule has 4 nitrogen and oxygen atoms in total. The number of carbonyl (C=O) groups excluding carboxylic acids is 1. The van der Waals surface area contributed by atoms with Gasteiger partial charge in [-0.05, 0) is 33.1 Å². The Bertz CT molecular complexity index is 307. The molecule has 0 spiro atoms. The molecule has 1 aliphatic heterocycles. The van der Waals surface area contributed by atoms with Crippen molar-refractivity contribution in [2.75, 3.05) is 13.1 Å². The summed E-state index contributed by atoms with van der Waals surface area (Å²) < 4.78 is 5.34. The zero-order chi connectivity index (χ0) is 13.3. The molecule has 0 bridgehead atoms. The Kier molecular flexibility index (Phi) is 3.85. The highest BCUT2D eigenvalue weighted by Crippen LogP contribution is 2.35. The molecule has 2 aliphatic rings. The van der Waals surface area contributed by atoms with E-state index in [1.165, 1.54) is 19.3 Å². The van der Waals surface area contributed by atoms with Crippen LogP contribution >= 0.6 is 0 Å². The van der Waals surface area contributed by atoms with Crippen molar-refractivity contribution in [3.05, 3.63) is 0 Å². The van der Waals surface area contributed by atoms with E-state index >= 15 is 0 Å². The van der Waals surface area contributed by atoms with Gasteiger partial charge in [-0.3, -0.25) is 0 Å². The van der Waals surface area contributed by atoms with E-state index in [1.54, 1.807) is 4.90 Å². The fourth-order valence-electron chi connectivity index (χ4n) is 2.72. The Morgan fingerprint density at radius 1 is 1.33 bits per heavy atom. The van der Waals surface area contributed by atoms with Gasteiger partial charge in [0.05, 0.1) is 12.6 Å². The molecule has 1 saturated heterocycles. The van der Waals surface area contributed by atoms with Crippen LogP contribution in [-0.4, -0.2) is 40.9 Å². The quantitative estimate of drug-likeness (QED) is 0.824. The zero-order valence-electron chi connectivity index (χ0n) is 11.7. The molecule has 2 atom stereocenters. The summed E-state index contributed by atoms with van der Waals surface area (Å²) in [6.45, 7) is 6.66. The second kappa shape index (κ2) is 5.08. The van der Waals surface area contributed by atoms with Gasteiger partial charge < -0.3 is 14.7 Å². The van der Waals surface area contributed by atoms with Crippen LogP contribution in [0.15, 0.2) is 0 Å². The molecule has 0 radical (unpaired) electrons. The molecule has 2 fully saturated rings. The van der Waals surface area contributed by atoms with E-state index in [4.69, 9.17) is 4.74 Å². The summed E-state index contributed by atoms with van der Waals surface area (Å²) in [7, 11) is 0. The SMILES string of the molecule is CC(C)(C)OC(=O)N1CC(O)C(CC2CCC2)C1. The predicted molar refractivity (Wildman–Crippen MR) is 69.3 cm³/mol. The van der Waals surface area contributed by atoms with Gasteiger partial charge >= 0.3 is 6.09 Å². The lowest BCUT2D eigenvalue weighted by Crippen LogP contribution is -2.35. The first-order valence-electron chi connectivity index (χ1n) is 7.01. The summed E-state index contributed by atoms with van der Waals surface area (Å²) in [6, 6.07) is 0. The van der Waals surface area contributed by atoms with Crippen molar-refractivity contribution in [3.8, 4) is 0 Å². The average molecular weight is 255 g/mol. The van der Waals surface area contributed by atoms with Gasteiger partial charge in [-0.2, -0.15) is 0 Å². The van der Waals surface area contributed by atoms with E-state index in [1.807, 2.05) is 20.8 Å². The van der Waals surface area contributed by atoms with E-state index in [9.17, 15) is 9.90 Å². The van der Waals surface area contributed by atoms with Gasteiger partial charge in [0.25, 0.3) is 0 Å². The number of rotatable bonds is 2. The largest absolute Gasteiger partial charge is 0.444 e. The third kappa shape index (κ3) is 3.37. The second-order valence-electron chi connectivity index (χ2n) is 6.75. The topological polar surface area (TPSA) is 49.8 Å². The molecule has 104 valence electrons. The van der Waals surface area contributed by atoms with Crippen molar-refractivity contribution in [2.24, 2.45) is 11.8 Å². The Balaban J connectivity index is 1.83. The number of nitrogens with zero attached hydrogens (tertiary/aromatic N) is 1. The monoisotopic (exact) mass is 255 g/mol. The third-order valence-corrected chi connectivity index (χ3v) is 3.92. The molecule has 1 saturated carbocycles. The van der Waals surface area contributed by atoms with Gasteiger partial charge in [0.1, 0.15) is 5.60 Å². The van der Waals surface area contributed by atoms with Gasteiger partial charge in [0, 0.05) is 12.5 Å². The molecule has 2 rings (SSSR count). The second-order valence-corrected chi connectivity index (χ2v) is 6.75. The van der Waals surface area contributed by atoms with Crippen LogP contribution in [-0.2, 0) is 4.74 Å². The van der Waals surface area contributed by atoms with Gasteiger partial charge in [-0.1, -0.05) is 19.3 Å². The number of aliphatic hydroxyl groups is 1. The molecular formula is C14H25NO3. The lowest BCUT2D eigenvalue weighted by Gasteiger charge is -2.29. The summed E-state index contributed by atoms with van der Waals surface area (Å²) in [6.07, 6.45) is 4.28. The maximum absolute atomic E-state index is 11.9. The molecule has 0 aromatic rings. The zero-order valence-corrected chi connectivity index (χ0v) is 11.7. The molecule has 1 heterocycles. The lowest BCUT2D eigenvalue weighted by atomic mass is 9.78. The van der Waals surface area contributed by atoms with Crippen LogP contribution in [0, 0.1) is 11.8 Å². The summed E-state index contributed by atoms with van der Waals surface area (Å²) in [5.74, 6) is 1.01. The summed E-state index contributed by atoms with van der Waals surface area (Å²) in [4.78, 5) is 13.6. The van der Waals surface area contributed by atoms with Crippen molar-refractivity contribution in [1.82, 2.24) is 4.90 Å². The van der Waals surface area contributed by atoms with Crippen molar-refractivity contribution in [2.45, 2.75) is 58.2 Å². The van der Waals surface area contributed by atoms with Crippen molar-refractivity contribution < 1.29 is 14.6 Å². The highest BCUT2D eigenvalue weighted by atomic mass is 16.6. The van der Waals surface area contributed by atoms with Gasteiger partial charge in [0.2, 0.25) is 0 Å². The average Bonchev–Trinajstić information content (AvgIpc) is 2.51. The highest BCUT2D eigenvalue weighted by molar-refractivity contribution is 5.68. The van der Waals surface area contributed by atoms with E-state index in [0.29, 0.717) is 13.1 Å². The maximum Gasteiger partial charge on any atom is 0.410 e. The summed E-state index contributed by atoms with van der Waals surface area (Å²) >= 11 is 0. The minimum Gasteiger partial charge on any atom is -0.444 e. The minimum absolute atomic E-state index is 0.239. The standard InChI is InChI=1S/C14H25NO3/c1-14(2,3)18-13(17)15-8-11(12(16)9-15)7-10-5-4-6-10/h10-12,16H,4-9H2,1-3H3. The first-order chi connectivity index (χ1) is 8.35. The van der Waals surface area contributed by atoms with Crippen LogP contribution in [0.4, 0.5) is 4.79 Å². The Morgan fingerprint density at radius 3 is 2.50 bits per heavy atom. The number of β-amino-alcohol motifs (C(OH)–C–C–N with tert-alkyl or cyclic N) is 1. The van der Waals surface area contributed by atoms with Crippen LogP contribution in [0.2, 0.25) is 0 Å². The van der Waals surface area contributed by atoms with Crippen LogP contribution in [0.3, 0.4) is 0 Å². The van der Waals surface area contributed by atoms with Gasteiger partial charge in [0.15, 0.2) is 0 Å². The molecule has 0 aromatic carbocycles. The molecule has 1 N–H and O–H groups in total. The Hall–Kier alpha value is -0.770. The predicted octanol–water partition coefficient (Wildman–Crippen LogP) is 2.40. The summed E-state index contributed by atoms with van der Waals surface area (Å²) in [5.41, 5.74) is -0.464. The van der Waals surface area contributed by atoms with E-state index in [2.05, 4.69) is 0 Å². The Labute approximate surface area is 109 Å². The van der Waals surface area contributed by atoms with Crippen LogP contribution in [0.1, 0.15) is 46.5 Å². The van der Waals surface area contributed by atoms with Crippen molar-refractivity contribution in [3.63, 3.8) is 0 Å². The molecule has 2 unspecified atom stereocenters. The first kappa shape index (κ1) is 13.7. The highest BCUT2D eigenvalue weighted by Gasteiger charge is 2.37. The minimum atomic E-state index is -0.464. The number of amides is 1.